The van der Waals surface area contributed by atoms with Crippen molar-refractivity contribution < 1.29 is 24.3 Å². The quantitative estimate of drug-likeness (QED) is 0.441. The molecule has 0 radical (unpaired) electrons. The van der Waals surface area contributed by atoms with Crippen LogP contribution in [0.15, 0.2) is 30.3 Å². The maximum atomic E-state index is 12.9. The van der Waals surface area contributed by atoms with Gasteiger partial charge in [0, 0.05) is 6.54 Å². The minimum atomic E-state index is -1.14. The second-order valence-electron chi connectivity index (χ2n) is 8.28. The van der Waals surface area contributed by atoms with Crippen molar-refractivity contribution in [1.29, 1.82) is 0 Å². The van der Waals surface area contributed by atoms with E-state index in [1.165, 1.54) is 11.8 Å². The number of nitrogens with two attached hydrogens (primary N) is 1. The standard InChI is InChI=1S/C22H32N4O5/c1-13(2)18(22(30)31)25-19(27)14(3)24-20(28)17-10-7-11-26(17)21(29)16(23)12-15-8-5-4-6-9-15/h4-6,8-9,13-14,16-18H,7,10-12,23H2,1-3H3,(H,24,28)(H,25,27)(H,30,31). The summed E-state index contributed by atoms with van der Waals surface area (Å²) in [7, 11) is 0. The maximum absolute atomic E-state index is 12.9. The molecule has 31 heavy (non-hydrogen) atoms. The van der Waals surface area contributed by atoms with Crippen molar-refractivity contribution >= 4 is 23.7 Å². The van der Waals surface area contributed by atoms with E-state index in [-0.39, 0.29) is 11.8 Å². The van der Waals surface area contributed by atoms with Gasteiger partial charge in [0.25, 0.3) is 0 Å². The summed E-state index contributed by atoms with van der Waals surface area (Å²) in [5.41, 5.74) is 7.05. The van der Waals surface area contributed by atoms with Crippen LogP contribution in [0.2, 0.25) is 0 Å². The lowest BCUT2D eigenvalue weighted by Gasteiger charge is -2.28. The molecule has 1 aliphatic heterocycles. The monoisotopic (exact) mass is 432 g/mol. The van der Waals surface area contributed by atoms with Gasteiger partial charge >= 0.3 is 5.97 Å². The summed E-state index contributed by atoms with van der Waals surface area (Å²) in [6.45, 7) is 5.27. The van der Waals surface area contributed by atoms with Crippen LogP contribution in [-0.2, 0) is 25.6 Å². The maximum Gasteiger partial charge on any atom is 0.326 e. The summed E-state index contributed by atoms with van der Waals surface area (Å²) in [6.07, 6.45) is 1.51. The lowest BCUT2D eigenvalue weighted by atomic mass is 10.0. The first-order valence-corrected chi connectivity index (χ1v) is 10.5. The Morgan fingerprint density at radius 1 is 1.13 bits per heavy atom. The van der Waals surface area contributed by atoms with Crippen LogP contribution in [0, 0.1) is 5.92 Å². The van der Waals surface area contributed by atoms with Gasteiger partial charge in [-0.2, -0.15) is 0 Å². The highest BCUT2D eigenvalue weighted by Gasteiger charge is 2.37. The van der Waals surface area contributed by atoms with Crippen molar-refractivity contribution in [3.63, 3.8) is 0 Å². The fourth-order valence-electron chi connectivity index (χ4n) is 3.64. The number of hydrogen-bond donors (Lipinski definition) is 4. The van der Waals surface area contributed by atoms with Gasteiger partial charge in [0.1, 0.15) is 18.1 Å². The smallest absolute Gasteiger partial charge is 0.326 e. The molecule has 3 amide bonds. The molecule has 1 aromatic carbocycles. The van der Waals surface area contributed by atoms with Crippen LogP contribution < -0.4 is 16.4 Å². The van der Waals surface area contributed by atoms with E-state index >= 15 is 0 Å². The Morgan fingerprint density at radius 3 is 2.35 bits per heavy atom. The second kappa shape index (κ2) is 10.9. The number of aliphatic carboxylic acids is 1. The normalized spacial score (nSPS) is 18.9. The average molecular weight is 433 g/mol. The van der Waals surface area contributed by atoms with E-state index in [1.54, 1.807) is 13.8 Å². The molecule has 5 N–H and O–H groups in total. The number of hydrogen-bond acceptors (Lipinski definition) is 5. The SMILES string of the molecule is CC(NC(=O)C1CCCN1C(=O)C(N)Cc1ccccc1)C(=O)NC(C(=O)O)C(C)C. The summed E-state index contributed by atoms with van der Waals surface area (Å²) in [4.78, 5) is 50.7. The number of carboxylic acids is 1. The molecule has 0 aliphatic carbocycles. The van der Waals surface area contributed by atoms with Crippen LogP contribution in [0.25, 0.3) is 0 Å². The number of carbonyl (C=O) groups excluding carboxylic acids is 3. The number of amides is 3. The first-order chi connectivity index (χ1) is 14.6. The Hall–Kier alpha value is -2.94. The topological polar surface area (TPSA) is 142 Å². The molecule has 2 rings (SSSR count). The van der Waals surface area contributed by atoms with Crippen molar-refractivity contribution in [1.82, 2.24) is 15.5 Å². The minimum Gasteiger partial charge on any atom is -0.480 e. The van der Waals surface area contributed by atoms with Gasteiger partial charge in [-0.15, -0.1) is 0 Å². The van der Waals surface area contributed by atoms with Gasteiger partial charge in [-0.25, -0.2) is 4.79 Å². The van der Waals surface area contributed by atoms with Crippen molar-refractivity contribution in [3.8, 4) is 0 Å². The third-order valence-corrected chi connectivity index (χ3v) is 5.44. The summed E-state index contributed by atoms with van der Waals surface area (Å²) < 4.78 is 0. The highest BCUT2D eigenvalue weighted by molar-refractivity contribution is 5.94. The van der Waals surface area contributed by atoms with Crippen LogP contribution >= 0.6 is 0 Å². The molecule has 1 aliphatic rings. The van der Waals surface area contributed by atoms with Crippen molar-refractivity contribution in [2.45, 2.75) is 64.2 Å². The molecule has 170 valence electrons. The highest BCUT2D eigenvalue weighted by atomic mass is 16.4. The molecule has 0 spiro atoms. The molecule has 9 nitrogen and oxygen atoms in total. The van der Waals surface area contributed by atoms with E-state index < -0.39 is 42.0 Å². The van der Waals surface area contributed by atoms with Gasteiger partial charge in [-0.3, -0.25) is 14.4 Å². The third kappa shape index (κ3) is 6.52. The second-order valence-corrected chi connectivity index (χ2v) is 8.28. The summed E-state index contributed by atoms with van der Waals surface area (Å²) in [5, 5.41) is 14.3. The number of nitrogens with zero attached hydrogens (tertiary/aromatic N) is 1. The van der Waals surface area contributed by atoms with E-state index in [0.717, 1.165) is 5.56 Å². The minimum absolute atomic E-state index is 0.302. The van der Waals surface area contributed by atoms with Crippen LogP contribution in [0.1, 0.15) is 39.2 Å². The molecule has 1 aromatic rings. The van der Waals surface area contributed by atoms with E-state index in [0.29, 0.717) is 25.8 Å². The number of benzene rings is 1. The Balaban J connectivity index is 1.96. The van der Waals surface area contributed by atoms with E-state index in [2.05, 4.69) is 10.6 Å². The molecule has 0 aromatic heterocycles. The van der Waals surface area contributed by atoms with Gasteiger partial charge in [0.15, 0.2) is 0 Å². The summed E-state index contributed by atoms with van der Waals surface area (Å²) in [5.74, 6) is -2.78. The first kappa shape index (κ1) is 24.3. The molecule has 0 bridgehead atoms. The lowest BCUT2D eigenvalue weighted by molar-refractivity contribution is -0.144. The summed E-state index contributed by atoms with van der Waals surface area (Å²) in [6, 6.07) is 5.96. The molecular weight excluding hydrogens is 400 g/mol. The fraction of sp³-hybridized carbons (Fsp3) is 0.545. The Bertz CT molecular complexity index is 798. The van der Waals surface area contributed by atoms with Gasteiger partial charge in [0.05, 0.1) is 6.04 Å². The molecule has 1 fully saturated rings. The number of carboxylic acid groups (broad SMARTS) is 1. The van der Waals surface area contributed by atoms with Crippen LogP contribution in [0.5, 0.6) is 0 Å². The lowest BCUT2D eigenvalue weighted by Crippen LogP contribution is -2.56. The largest absolute Gasteiger partial charge is 0.480 e. The first-order valence-electron chi connectivity index (χ1n) is 10.5. The van der Waals surface area contributed by atoms with E-state index in [4.69, 9.17) is 5.73 Å². The van der Waals surface area contributed by atoms with Crippen molar-refractivity contribution in [2.24, 2.45) is 11.7 Å². The summed E-state index contributed by atoms with van der Waals surface area (Å²) >= 11 is 0. The zero-order valence-electron chi connectivity index (χ0n) is 18.2. The van der Waals surface area contributed by atoms with Crippen LogP contribution in [-0.4, -0.2) is 64.4 Å². The Kier molecular flexibility index (Phi) is 8.56. The molecular formula is C22H32N4O5. The van der Waals surface area contributed by atoms with Crippen LogP contribution in [0.3, 0.4) is 0 Å². The number of carbonyl (C=O) groups is 4. The average Bonchev–Trinajstić information content (AvgIpc) is 3.21. The van der Waals surface area contributed by atoms with Gasteiger partial charge in [0.2, 0.25) is 17.7 Å². The Labute approximate surface area is 182 Å². The molecule has 4 atom stereocenters. The van der Waals surface area contributed by atoms with Gasteiger partial charge < -0.3 is 26.4 Å². The number of rotatable bonds is 9. The zero-order chi connectivity index (χ0) is 23.1. The van der Waals surface area contributed by atoms with E-state index in [1.807, 2.05) is 30.3 Å². The zero-order valence-corrected chi connectivity index (χ0v) is 18.2. The van der Waals surface area contributed by atoms with Crippen molar-refractivity contribution in [2.75, 3.05) is 6.54 Å². The predicted octanol–water partition coefficient (Wildman–Crippen LogP) is 0.278. The molecule has 1 heterocycles. The van der Waals surface area contributed by atoms with E-state index in [9.17, 15) is 24.3 Å². The van der Waals surface area contributed by atoms with Gasteiger partial charge in [-0.05, 0) is 37.7 Å². The predicted molar refractivity (Wildman–Crippen MR) is 115 cm³/mol. The van der Waals surface area contributed by atoms with Crippen molar-refractivity contribution in [3.05, 3.63) is 35.9 Å². The molecule has 1 saturated heterocycles. The Morgan fingerprint density at radius 2 is 1.77 bits per heavy atom. The fourth-order valence-corrected chi connectivity index (χ4v) is 3.64. The highest BCUT2D eigenvalue weighted by Crippen LogP contribution is 2.19. The number of nitrogens with one attached hydrogen (secondary N) is 2. The third-order valence-electron chi connectivity index (χ3n) is 5.44. The molecule has 0 saturated carbocycles. The number of likely N-dealkylation sites (tertiary alicyclic amines) is 1. The van der Waals surface area contributed by atoms with Crippen LogP contribution in [0.4, 0.5) is 0 Å². The van der Waals surface area contributed by atoms with Gasteiger partial charge in [-0.1, -0.05) is 44.2 Å². The molecule has 4 unspecified atom stereocenters. The molecule has 9 heteroatoms.